The molecule has 1 unspecified atom stereocenters. The predicted molar refractivity (Wildman–Crippen MR) is 84.8 cm³/mol. The number of aromatic hydroxyl groups is 1. The van der Waals surface area contributed by atoms with E-state index in [0.717, 1.165) is 0 Å². The van der Waals surface area contributed by atoms with Crippen LogP contribution in [0.3, 0.4) is 0 Å². The summed E-state index contributed by atoms with van der Waals surface area (Å²) < 4.78 is 18.9. The molecule has 2 aromatic carbocycles. The number of amides is 2. The number of halogens is 1. The first-order valence-corrected chi connectivity index (χ1v) is 7.28. The Bertz CT molecular complexity index is 647. The molecule has 0 saturated carbocycles. The van der Waals surface area contributed by atoms with Gasteiger partial charge in [0.25, 0.3) is 0 Å². The van der Waals surface area contributed by atoms with E-state index in [0.29, 0.717) is 24.3 Å². The summed E-state index contributed by atoms with van der Waals surface area (Å²) in [5.41, 5.74) is 0.557. The van der Waals surface area contributed by atoms with E-state index < -0.39 is 12.3 Å². The van der Waals surface area contributed by atoms with E-state index in [1.54, 1.807) is 37.3 Å². The number of phenols is 1. The second-order valence-electron chi connectivity index (χ2n) is 5.00. The maximum Gasteiger partial charge on any atom is 0.317 e. The number of benzene rings is 2. The molecule has 0 aromatic heterocycles. The van der Waals surface area contributed by atoms with E-state index in [9.17, 15) is 14.3 Å². The third-order valence-electron chi connectivity index (χ3n) is 3.12. The fraction of sp³-hybridized carbons (Fsp3) is 0.235. The average Bonchev–Trinajstić information content (AvgIpc) is 2.51. The molecule has 3 N–H and O–H groups in total. The highest BCUT2D eigenvalue weighted by Crippen LogP contribution is 2.16. The molecule has 122 valence electrons. The molecule has 0 aliphatic rings. The molecule has 0 heterocycles. The second-order valence-corrected chi connectivity index (χ2v) is 5.00. The largest absolute Gasteiger partial charge is 0.508 e. The molecule has 2 aromatic rings. The molecule has 0 radical (unpaired) electrons. The summed E-state index contributed by atoms with van der Waals surface area (Å²) in [6.45, 7) is 2.00. The van der Waals surface area contributed by atoms with Crippen LogP contribution >= 0.6 is 0 Å². The molecule has 0 aliphatic heterocycles. The lowest BCUT2D eigenvalue weighted by molar-refractivity contribution is 0.177. The van der Waals surface area contributed by atoms with Crippen LogP contribution in [-0.2, 0) is 6.42 Å². The van der Waals surface area contributed by atoms with Crippen LogP contribution in [0.25, 0.3) is 0 Å². The number of hydrogen-bond donors (Lipinski definition) is 3. The van der Waals surface area contributed by atoms with Gasteiger partial charge < -0.3 is 20.5 Å². The average molecular weight is 318 g/mol. The van der Waals surface area contributed by atoms with E-state index in [4.69, 9.17) is 4.74 Å². The molecule has 5 nitrogen and oxygen atoms in total. The van der Waals surface area contributed by atoms with Gasteiger partial charge >= 0.3 is 6.03 Å². The van der Waals surface area contributed by atoms with Gasteiger partial charge in [0, 0.05) is 6.54 Å². The van der Waals surface area contributed by atoms with E-state index in [2.05, 4.69) is 10.6 Å². The van der Waals surface area contributed by atoms with Gasteiger partial charge in [-0.25, -0.2) is 9.18 Å². The van der Waals surface area contributed by atoms with Crippen LogP contribution in [0.2, 0.25) is 0 Å². The van der Waals surface area contributed by atoms with Gasteiger partial charge in [-0.2, -0.15) is 0 Å². The van der Waals surface area contributed by atoms with E-state index >= 15 is 0 Å². The Kier molecular flexibility index (Phi) is 5.80. The van der Waals surface area contributed by atoms with Crippen molar-refractivity contribution in [3.8, 4) is 11.5 Å². The van der Waals surface area contributed by atoms with Gasteiger partial charge in [0.15, 0.2) is 6.23 Å². The van der Waals surface area contributed by atoms with Crippen LogP contribution in [0.4, 0.5) is 9.18 Å². The maximum absolute atomic E-state index is 13.4. The fourth-order valence-corrected chi connectivity index (χ4v) is 2.01. The summed E-state index contributed by atoms with van der Waals surface area (Å²) in [4.78, 5) is 11.7. The highest BCUT2D eigenvalue weighted by molar-refractivity contribution is 5.74. The Morgan fingerprint density at radius 3 is 2.61 bits per heavy atom. The van der Waals surface area contributed by atoms with Crippen molar-refractivity contribution < 1.29 is 19.0 Å². The first kappa shape index (κ1) is 16.6. The smallest absolute Gasteiger partial charge is 0.317 e. The molecule has 1 atom stereocenters. The fourth-order valence-electron chi connectivity index (χ4n) is 2.01. The zero-order chi connectivity index (χ0) is 16.7. The van der Waals surface area contributed by atoms with Crippen LogP contribution in [0.15, 0.2) is 48.5 Å². The van der Waals surface area contributed by atoms with Crippen LogP contribution in [0.1, 0.15) is 12.5 Å². The molecule has 2 amide bonds. The number of rotatable bonds is 6. The number of urea groups is 1. The van der Waals surface area contributed by atoms with Crippen molar-refractivity contribution in [2.45, 2.75) is 19.6 Å². The van der Waals surface area contributed by atoms with Crippen molar-refractivity contribution in [3.63, 3.8) is 0 Å². The van der Waals surface area contributed by atoms with Gasteiger partial charge in [0.1, 0.15) is 17.3 Å². The van der Waals surface area contributed by atoms with Crippen molar-refractivity contribution in [1.29, 1.82) is 0 Å². The monoisotopic (exact) mass is 318 g/mol. The quantitative estimate of drug-likeness (QED) is 0.717. The molecule has 0 saturated heterocycles. The minimum Gasteiger partial charge on any atom is -0.508 e. The Labute approximate surface area is 134 Å². The Hall–Kier alpha value is -2.76. The first-order chi connectivity index (χ1) is 11.0. The highest BCUT2D eigenvalue weighted by Gasteiger charge is 2.08. The van der Waals surface area contributed by atoms with E-state index in [1.807, 2.05) is 0 Å². The Balaban J connectivity index is 1.71. The molecule has 6 heteroatoms. The van der Waals surface area contributed by atoms with Gasteiger partial charge in [0.05, 0.1) is 0 Å². The number of nitrogens with one attached hydrogen (secondary N) is 2. The first-order valence-electron chi connectivity index (χ1n) is 7.28. The lowest BCUT2D eigenvalue weighted by Crippen LogP contribution is -2.43. The van der Waals surface area contributed by atoms with Crippen molar-refractivity contribution in [1.82, 2.24) is 10.6 Å². The number of carbonyl (C=O) groups excluding carboxylic acids is 1. The summed E-state index contributed by atoms with van der Waals surface area (Å²) in [7, 11) is 0. The number of phenolic OH excluding ortho intramolecular Hbond substituents is 1. The standard InChI is InChI=1S/C17H19FN2O3/c1-12(23-15-8-6-14(21)7-9-15)20-17(22)19-11-10-13-4-2-3-5-16(13)18/h2-9,12,21H,10-11H2,1H3,(H2,19,20,22). The van der Waals surface area contributed by atoms with Crippen LogP contribution in [0.5, 0.6) is 11.5 Å². The van der Waals surface area contributed by atoms with Crippen molar-refractivity contribution in [3.05, 3.63) is 59.9 Å². The third-order valence-corrected chi connectivity index (χ3v) is 3.12. The molecular weight excluding hydrogens is 299 g/mol. The molecule has 23 heavy (non-hydrogen) atoms. The summed E-state index contributed by atoms with van der Waals surface area (Å²) in [5.74, 6) is 0.393. The zero-order valence-corrected chi connectivity index (χ0v) is 12.8. The Morgan fingerprint density at radius 2 is 1.91 bits per heavy atom. The summed E-state index contributed by atoms with van der Waals surface area (Å²) in [5, 5.41) is 14.4. The van der Waals surface area contributed by atoms with Gasteiger partial charge in [-0.15, -0.1) is 0 Å². The van der Waals surface area contributed by atoms with Crippen molar-refractivity contribution >= 4 is 6.03 Å². The SMILES string of the molecule is CC(NC(=O)NCCc1ccccc1F)Oc1ccc(O)cc1. The van der Waals surface area contributed by atoms with Crippen LogP contribution < -0.4 is 15.4 Å². The molecule has 0 spiro atoms. The topological polar surface area (TPSA) is 70.6 Å². The number of hydrogen-bond acceptors (Lipinski definition) is 3. The molecule has 0 fully saturated rings. The molecular formula is C17H19FN2O3. The minimum absolute atomic E-state index is 0.142. The zero-order valence-electron chi connectivity index (χ0n) is 12.8. The summed E-state index contributed by atoms with van der Waals surface area (Å²) in [6.07, 6.45) is -0.138. The third kappa shape index (κ3) is 5.50. The van der Waals surface area contributed by atoms with E-state index in [1.165, 1.54) is 18.2 Å². The Morgan fingerprint density at radius 1 is 1.22 bits per heavy atom. The van der Waals surface area contributed by atoms with Gasteiger partial charge in [-0.05, 0) is 49.2 Å². The van der Waals surface area contributed by atoms with Crippen molar-refractivity contribution in [2.75, 3.05) is 6.54 Å². The van der Waals surface area contributed by atoms with E-state index in [-0.39, 0.29) is 11.6 Å². The predicted octanol–water partition coefficient (Wildman–Crippen LogP) is 2.80. The normalized spacial score (nSPS) is 11.6. The van der Waals surface area contributed by atoms with Crippen LogP contribution in [-0.4, -0.2) is 23.9 Å². The lowest BCUT2D eigenvalue weighted by Gasteiger charge is -2.16. The molecule has 0 aliphatic carbocycles. The number of carbonyl (C=O) groups is 1. The van der Waals surface area contributed by atoms with Gasteiger partial charge in [-0.1, -0.05) is 18.2 Å². The van der Waals surface area contributed by atoms with Gasteiger partial charge in [0.2, 0.25) is 0 Å². The second kappa shape index (κ2) is 8.03. The molecule has 0 bridgehead atoms. The summed E-state index contributed by atoms with van der Waals surface area (Å²) in [6, 6.07) is 12.3. The van der Waals surface area contributed by atoms with Crippen LogP contribution in [0, 0.1) is 5.82 Å². The van der Waals surface area contributed by atoms with Crippen molar-refractivity contribution in [2.24, 2.45) is 0 Å². The molecule has 2 rings (SSSR count). The number of ether oxygens (including phenoxy) is 1. The minimum atomic E-state index is -0.548. The maximum atomic E-state index is 13.4. The van der Waals surface area contributed by atoms with Gasteiger partial charge in [-0.3, -0.25) is 0 Å². The lowest BCUT2D eigenvalue weighted by atomic mass is 10.1. The summed E-state index contributed by atoms with van der Waals surface area (Å²) >= 11 is 0. The highest BCUT2D eigenvalue weighted by atomic mass is 19.1.